The van der Waals surface area contributed by atoms with Crippen molar-refractivity contribution in [1.82, 2.24) is 34.8 Å². The number of amides is 1. The van der Waals surface area contributed by atoms with E-state index < -0.39 is 0 Å². The highest BCUT2D eigenvalue weighted by atomic mass is 16.5. The minimum atomic E-state index is -0.228. The van der Waals surface area contributed by atoms with E-state index in [2.05, 4.69) is 25.2 Å². The van der Waals surface area contributed by atoms with Gasteiger partial charge in [-0.25, -0.2) is 0 Å². The van der Waals surface area contributed by atoms with Gasteiger partial charge >= 0.3 is 0 Å². The number of likely N-dealkylation sites (N-methyl/N-ethyl adjacent to an activating group) is 1. The Morgan fingerprint density at radius 3 is 2.90 bits per heavy atom. The molecule has 2 atom stereocenters. The molecule has 9 heteroatoms. The number of aryl methyl sites for hydroxylation is 1. The van der Waals surface area contributed by atoms with Crippen molar-refractivity contribution >= 4 is 5.91 Å². The number of rotatable bonds is 5. The second-order valence-electron chi connectivity index (χ2n) is 7.44. The standard InChI is InChI=1S/C20H25N7O2/c1-25(2)13-18-19(14-11-22-26(3)12-14)27(8-9-29-18)20(28)17-10-16(23-24-17)15-6-4-5-7-21-15/h4-7,10-12,18-19H,8-9,13H2,1-3H3,(H,23,24)/t18-,19-/m0/s1. The molecular weight excluding hydrogens is 370 g/mol. The molecule has 3 aromatic rings. The molecule has 0 radical (unpaired) electrons. The lowest BCUT2D eigenvalue weighted by atomic mass is 10.00. The van der Waals surface area contributed by atoms with Gasteiger partial charge in [0, 0.05) is 38.1 Å². The zero-order valence-electron chi connectivity index (χ0n) is 16.8. The monoisotopic (exact) mass is 395 g/mol. The van der Waals surface area contributed by atoms with Crippen LogP contribution in [0, 0.1) is 0 Å². The largest absolute Gasteiger partial charge is 0.373 e. The molecule has 0 aliphatic carbocycles. The number of pyridine rings is 1. The van der Waals surface area contributed by atoms with Crippen LogP contribution in [-0.4, -0.2) is 80.6 Å². The summed E-state index contributed by atoms with van der Waals surface area (Å²) in [6.07, 6.45) is 5.30. The lowest BCUT2D eigenvalue weighted by Gasteiger charge is -2.41. The Balaban J connectivity index is 1.64. The maximum Gasteiger partial charge on any atom is 0.272 e. The molecule has 1 saturated heterocycles. The van der Waals surface area contributed by atoms with Crippen molar-refractivity contribution in [2.75, 3.05) is 33.8 Å². The van der Waals surface area contributed by atoms with Crippen LogP contribution in [0.4, 0.5) is 0 Å². The fourth-order valence-electron chi connectivity index (χ4n) is 3.69. The molecule has 9 nitrogen and oxygen atoms in total. The van der Waals surface area contributed by atoms with Crippen LogP contribution < -0.4 is 0 Å². The summed E-state index contributed by atoms with van der Waals surface area (Å²) in [4.78, 5) is 21.6. The summed E-state index contributed by atoms with van der Waals surface area (Å²) in [7, 11) is 5.87. The smallest absolute Gasteiger partial charge is 0.272 e. The SMILES string of the molecule is CN(C)C[C@@H]1OCCN(C(=O)c2cc(-c3ccccn3)n[nH]2)[C@H]1c1cnn(C)c1. The Bertz CT molecular complexity index is 966. The number of ether oxygens (including phenoxy) is 1. The summed E-state index contributed by atoms with van der Waals surface area (Å²) in [5, 5.41) is 11.5. The van der Waals surface area contributed by atoms with Crippen LogP contribution >= 0.6 is 0 Å². The van der Waals surface area contributed by atoms with Crippen molar-refractivity contribution in [2.45, 2.75) is 12.1 Å². The molecule has 1 N–H and O–H groups in total. The minimum Gasteiger partial charge on any atom is -0.373 e. The van der Waals surface area contributed by atoms with E-state index in [0.29, 0.717) is 31.1 Å². The zero-order chi connectivity index (χ0) is 20.4. The first-order chi connectivity index (χ1) is 14.0. The van der Waals surface area contributed by atoms with Crippen LogP contribution in [0.15, 0.2) is 42.9 Å². The zero-order valence-corrected chi connectivity index (χ0v) is 16.8. The van der Waals surface area contributed by atoms with Gasteiger partial charge in [0.05, 0.1) is 30.6 Å². The summed E-state index contributed by atoms with van der Waals surface area (Å²) < 4.78 is 7.79. The molecule has 4 heterocycles. The number of carbonyl (C=O) groups is 1. The number of aromatic amines is 1. The number of nitrogens with zero attached hydrogens (tertiary/aromatic N) is 6. The summed E-state index contributed by atoms with van der Waals surface area (Å²) in [6.45, 7) is 1.69. The number of hydrogen-bond donors (Lipinski definition) is 1. The molecular formula is C20H25N7O2. The van der Waals surface area contributed by atoms with E-state index in [0.717, 1.165) is 11.3 Å². The van der Waals surface area contributed by atoms with Crippen molar-refractivity contribution in [1.29, 1.82) is 0 Å². The summed E-state index contributed by atoms with van der Waals surface area (Å²) in [5.74, 6) is -0.111. The maximum atomic E-state index is 13.4. The van der Waals surface area contributed by atoms with Crippen molar-refractivity contribution in [3.05, 3.63) is 54.1 Å². The molecule has 152 valence electrons. The number of aromatic nitrogens is 5. The lowest BCUT2D eigenvalue weighted by molar-refractivity contribution is -0.0686. The van der Waals surface area contributed by atoms with E-state index >= 15 is 0 Å². The van der Waals surface area contributed by atoms with Crippen molar-refractivity contribution < 1.29 is 9.53 Å². The highest BCUT2D eigenvalue weighted by molar-refractivity contribution is 5.93. The summed E-state index contributed by atoms with van der Waals surface area (Å²) in [5.41, 5.74) is 2.76. The van der Waals surface area contributed by atoms with Crippen LogP contribution in [-0.2, 0) is 11.8 Å². The van der Waals surface area contributed by atoms with Crippen molar-refractivity contribution in [3.8, 4) is 11.4 Å². The van der Waals surface area contributed by atoms with Crippen LogP contribution in [0.25, 0.3) is 11.4 Å². The van der Waals surface area contributed by atoms with E-state index in [1.165, 1.54) is 0 Å². The number of hydrogen-bond acceptors (Lipinski definition) is 6. The third-order valence-electron chi connectivity index (χ3n) is 4.96. The Kier molecular flexibility index (Phi) is 5.41. The summed E-state index contributed by atoms with van der Waals surface area (Å²) in [6, 6.07) is 7.13. The molecule has 4 rings (SSSR count). The topological polar surface area (TPSA) is 92.2 Å². The molecule has 1 aliphatic rings. The van der Waals surface area contributed by atoms with Crippen LogP contribution in [0.5, 0.6) is 0 Å². The average Bonchev–Trinajstić information content (AvgIpc) is 3.37. The fourth-order valence-corrected chi connectivity index (χ4v) is 3.69. The van der Waals surface area contributed by atoms with Gasteiger partial charge in [-0.3, -0.25) is 19.6 Å². The van der Waals surface area contributed by atoms with E-state index in [9.17, 15) is 4.79 Å². The molecule has 0 unspecified atom stereocenters. The predicted molar refractivity (Wildman–Crippen MR) is 107 cm³/mol. The molecule has 1 amide bonds. The predicted octanol–water partition coefficient (Wildman–Crippen LogP) is 1.35. The number of H-pyrrole nitrogens is 1. The normalized spacial score (nSPS) is 19.7. The van der Waals surface area contributed by atoms with Gasteiger partial charge in [-0.15, -0.1) is 0 Å². The van der Waals surface area contributed by atoms with E-state index in [-0.39, 0.29) is 18.1 Å². The molecule has 0 spiro atoms. The molecule has 3 aromatic heterocycles. The third-order valence-corrected chi connectivity index (χ3v) is 4.96. The number of morpholine rings is 1. The Hall–Kier alpha value is -3.04. The number of carbonyl (C=O) groups excluding carboxylic acids is 1. The van der Waals surface area contributed by atoms with Gasteiger partial charge in [0.1, 0.15) is 11.4 Å². The third kappa shape index (κ3) is 4.06. The van der Waals surface area contributed by atoms with Crippen LogP contribution in [0.3, 0.4) is 0 Å². The van der Waals surface area contributed by atoms with Gasteiger partial charge in [-0.2, -0.15) is 10.2 Å². The molecule has 0 bridgehead atoms. The van der Waals surface area contributed by atoms with Gasteiger partial charge in [-0.05, 0) is 32.3 Å². The second-order valence-corrected chi connectivity index (χ2v) is 7.44. The van der Waals surface area contributed by atoms with E-state index in [1.54, 1.807) is 23.1 Å². The summed E-state index contributed by atoms with van der Waals surface area (Å²) >= 11 is 0. The minimum absolute atomic E-state index is 0.111. The fraction of sp³-hybridized carbons (Fsp3) is 0.400. The Morgan fingerprint density at radius 1 is 1.34 bits per heavy atom. The lowest BCUT2D eigenvalue weighted by Crippen LogP contribution is -2.51. The Labute approximate surface area is 169 Å². The van der Waals surface area contributed by atoms with Crippen molar-refractivity contribution in [2.24, 2.45) is 7.05 Å². The van der Waals surface area contributed by atoms with Crippen LogP contribution in [0.2, 0.25) is 0 Å². The first-order valence-electron chi connectivity index (χ1n) is 9.55. The quantitative estimate of drug-likeness (QED) is 0.701. The van der Waals surface area contributed by atoms with Gasteiger partial charge in [0.15, 0.2) is 0 Å². The molecule has 1 aliphatic heterocycles. The molecule has 0 saturated carbocycles. The Morgan fingerprint density at radius 2 is 2.21 bits per heavy atom. The molecule has 1 fully saturated rings. The van der Waals surface area contributed by atoms with Crippen LogP contribution in [0.1, 0.15) is 22.1 Å². The van der Waals surface area contributed by atoms with Gasteiger partial charge in [-0.1, -0.05) is 6.07 Å². The van der Waals surface area contributed by atoms with Crippen molar-refractivity contribution in [3.63, 3.8) is 0 Å². The average molecular weight is 395 g/mol. The number of nitrogens with one attached hydrogen (secondary N) is 1. The first-order valence-corrected chi connectivity index (χ1v) is 9.55. The van der Waals surface area contributed by atoms with E-state index in [4.69, 9.17) is 4.74 Å². The molecule has 0 aromatic carbocycles. The van der Waals surface area contributed by atoms with E-state index in [1.807, 2.05) is 50.4 Å². The van der Waals surface area contributed by atoms with Gasteiger partial charge in [0.2, 0.25) is 0 Å². The molecule has 29 heavy (non-hydrogen) atoms. The first kappa shape index (κ1) is 19.3. The highest BCUT2D eigenvalue weighted by Crippen LogP contribution is 2.31. The maximum absolute atomic E-state index is 13.4. The highest BCUT2D eigenvalue weighted by Gasteiger charge is 2.38. The van der Waals surface area contributed by atoms with Gasteiger partial charge in [0.25, 0.3) is 5.91 Å². The second kappa shape index (κ2) is 8.14. The van der Waals surface area contributed by atoms with Gasteiger partial charge < -0.3 is 14.5 Å².